The zero-order chi connectivity index (χ0) is 12.9. The van der Waals surface area contributed by atoms with Gasteiger partial charge < -0.3 is 4.98 Å². The minimum atomic E-state index is -0.515. The number of nitrogens with zero attached hydrogens (tertiary/aromatic N) is 1. The first kappa shape index (κ1) is 11.9. The van der Waals surface area contributed by atoms with E-state index < -0.39 is 5.82 Å². The van der Waals surface area contributed by atoms with Crippen LogP contribution in [0.15, 0.2) is 16.9 Å². The molecule has 1 aromatic heterocycles. The lowest BCUT2D eigenvalue weighted by molar-refractivity contribution is 0.302. The van der Waals surface area contributed by atoms with Gasteiger partial charge >= 0.3 is 0 Å². The van der Waals surface area contributed by atoms with Crippen molar-refractivity contribution in [1.29, 1.82) is 0 Å². The Kier molecular flexibility index (Phi) is 2.75. The van der Waals surface area contributed by atoms with Crippen LogP contribution < -0.4 is 5.56 Å². The van der Waals surface area contributed by atoms with Crippen LogP contribution in [0.5, 0.6) is 0 Å². The normalized spacial score (nSPS) is 15.9. The molecule has 0 aliphatic heterocycles. The topological polar surface area (TPSA) is 37.8 Å². The molecular formula is C12H10ClFN2OS. The zero-order valence-corrected chi connectivity index (χ0v) is 10.9. The molecule has 1 aliphatic rings. The number of hydrogen-bond donors (Lipinski definition) is 1. The molecule has 6 heteroatoms. The molecule has 1 heterocycles. The summed E-state index contributed by atoms with van der Waals surface area (Å²) in [4.78, 5) is 15.2. The van der Waals surface area contributed by atoms with Gasteiger partial charge in [-0.05, 0) is 43.6 Å². The number of benzene rings is 1. The Morgan fingerprint density at radius 1 is 1.44 bits per heavy atom. The van der Waals surface area contributed by atoms with Gasteiger partial charge in [-0.1, -0.05) is 11.6 Å². The second kappa shape index (κ2) is 4.17. The van der Waals surface area contributed by atoms with Gasteiger partial charge in [-0.15, -0.1) is 0 Å². The van der Waals surface area contributed by atoms with Crippen molar-refractivity contribution in [2.24, 2.45) is 0 Å². The van der Waals surface area contributed by atoms with E-state index >= 15 is 0 Å². The second-order valence-corrected chi connectivity index (χ2v) is 5.26. The summed E-state index contributed by atoms with van der Waals surface area (Å²) in [5.74, 6) is -0.515. The number of aromatic nitrogens is 2. The van der Waals surface area contributed by atoms with Crippen molar-refractivity contribution in [3.63, 3.8) is 0 Å². The largest absolute Gasteiger partial charge is 0.329 e. The maximum atomic E-state index is 13.7. The standard InChI is InChI=1S/C12H10ClFN2OS/c13-7-4-5-8(14)10-9(7)11(17)16(12(18)15-10)6-2-1-3-6/h4-6H,1-3H2,(H,15,18). The van der Waals surface area contributed by atoms with Crippen molar-refractivity contribution in [2.45, 2.75) is 25.3 Å². The van der Waals surface area contributed by atoms with Gasteiger partial charge in [-0.2, -0.15) is 0 Å². The molecule has 0 unspecified atom stereocenters. The van der Waals surface area contributed by atoms with Crippen molar-refractivity contribution in [2.75, 3.05) is 0 Å². The van der Waals surface area contributed by atoms with Crippen molar-refractivity contribution in [3.8, 4) is 0 Å². The van der Waals surface area contributed by atoms with Crippen LogP contribution in [0, 0.1) is 10.6 Å². The number of halogens is 2. The molecule has 1 saturated carbocycles. The molecule has 0 saturated heterocycles. The van der Waals surface area contributed by atoms with Crippen molar-refractivity contribution >= 4 is 34.7 Å². The summed E-state index contributed by atoms with van der Waals surface area (Å²) in [6.45, 7) is 0. The van der Waals surface area contributed by atoms with Gasteiger partial charge in [0.2, 0.25) is 0 Å². The van der Waals surface area contributed by atoms with E-state index in [9.17, 15) is 9.18 Å². The highest BCUT2D eigenvalue weighted by Crippen LogP contribution is 2.31. The van der Waals surface area contributed by atoms with Crippen LogP contribution >= 0.6 is 23.8 Å². The van der Waals surface area contributed by atoms with E-state index in [0.717, 1.165) is 19.3 Å². The fourth-order valence-electron chi connectivity index (χ4n) is 2.24. The minimum absolute atomic E-state index is 0.0908. The Bertz CT molecular complexity index is 748. The molecule has 0 spiro atoms. The number of rotatable bonds is 1. The molecule has 1 aliphatic carbocycles. The van der Waals surface area contributed by atoms with Gasteiger partial charge in [0.25, 0.3) is 5.56 Å². The van der Waals surface area contributed by atoms with Crippen LogP contribution in [0.2, 0.25) is 5.02 Å². The first-order chi connectivity index (χ1) is 8.59. The molecule has 18 heavy (non-hydrogen) atoms. The van der Waals surface area contributed by atoms with Crippen LogP contribution in [0.4, 0.5) is 4.39 Å². The highest BCUT2D eigenvalue weighted by atomic mass is 35.5. The van der Waals surface area contributed by atoms with E-state index in [4.69, 9.17) is 23.8 Å². The number of nitrogens with one attached hydrogen (secondary N) is 1. The van der Waals surface area contributed by atoms with Crippen LogP contribution in [0.1, 0.15) is 25.3 Å². The van der Waals surface area contributed by atoms with Crippen LogP contribution in [-0.4, -0.2) is 9.55 Å². The third-order valence-electron chi connectivity index (χ3n) is 3.43. The van der Waals surface area contributed by atoms with E-state index in [1.54, 1.807) is 0 Å². The summed E-state index contributed by atoms with van der Waals surface area (Å²) in [6.07, 6.45) is 2.94. The maximum Gasteiger partial charge on any atom is 0.264 e. The van der Waals surface area contributed by atoms with Gasteiger partial charge in [0.15, 0.2) is 4.77 Å². The van der Waals surface area contributed by atoms with Gasteiger partial charge in [-0.3, -0.25) is 9.36 Å². The molecular weight excluding hydrogens is 275 g/mol. The highest BCUT2D eigenvalue weighted by Gasteiger charge is 2.23. The predicted molar refractivity (Wildman–Crippen MR) is 71.2 cm³/mol. The highest BCUT2D eigenvalue weighted by molar-refractivity contribution is 7.71. The summed E-state index contributed by atoms with van der Waals surface area (Å²) in [5.41, 5.74) is -0.212. The van der Waals surface area contributed by atoms with E-state index in [1.165, 1.54) is 16.7 Å². The third kappa shape index (κ3) is 1.61. The molecule has 1 aromatic carbocycles. The molecule has 0 bridgehead atoms. The number of hydrogen-bond acceptors (Lipinski definition) is 2. The molecule has 94 valence electrons. The maximum absolute atomic E-state index is 13.7. The van der Waals surface area contributed by atoms with Crippen molar-refractivity contribution < 1.29 is 4.39 Å². The monoisotopic (exact) mass is 284 g/mol. The van der Waals surface area contributed by atoms with E-state index in [2.05, 4.69) is 4.98 Å². The number of H-pyrrole nitrogens is 1. The van der Waals surface area contributed by atoms with Gasteiger partial charge in [-0.25, -0.2) is 4.39 Å². The Balaban J connectivity index is 2.44. The molecule has 1 N–H and O–H groups in total. The van der Waals surface area contributed by atoms with Crippen LogP contribution in [0.3, 0.4) is 0 Å². The zero-order valence-electron chi connectivity index (χ0n) is 9.37. The quantitative estimate of drug-likeness (QED) is 0.813. The van der Waals surface area contributed by atoms with Crippen LogP contribution in [0.25, 0.3) is 10.9 Å². The number of fused-ring (bicyclic) bond motifs is 1. The minimum Gasteiger partial charge on any atom is -0.329 e. The van der Waals surface area contributed by atoms with Crippen molar-refractivity contribution in [3.05, 3.63) is 38.1 Å². The van der Waals surface area contributed by atoms with Gasteiger partial charge in [0.05, 0.1) is 15.9 Å². The van der Waals surface area contributed by atoms with Gasteiger partial charge in [0.1, 0.15) is 5.82 Å². The SMILES string of the molecule is O=c1c2c(Cl)ccc(F)c2[nH]c(=S)n1C1CCC1. The molecule has 0 radical (unpaired) electrons. The lowest BCUT2D eigenvalue weighted by Gasteiger charge is -2.27. The average molecular weight is 285 g/mol. The summed E-state index contributed by atoms with van der Waals surface area (Å²) in [6, 6.07) is 2.73. The first-order valence-electron chi connectivity index (χ1n) is 5.72. The first-order valence-corrected chi connectivity index (χ1v) is 6.51. The summed E-state index contributed by atoms with van der Waals surface area (Å²) >= 11 is 11.1. The smallest absolute Gasteiger partial charge is 0.264 e. The molecule has 2 aromatic rings. The lowest BCUT2D eigenvalue weighted by Crippen LogP contribution is -2.30. The molecule has 3 nitrogen and oxygen atoms in total. The second-order valence-electron chi connectivity index (χ2n) is 4.47. The lowest BCUT2D eigenvalue weighted by atomic mass is 9.93. The fraction of sp³-hybridized carbons (Fsp3) is 0.333. The Hall–Kier alpha value is -1.20. The Morgan fingerprint density at radius 2 is 2.17 bits per heavy atom. The van der Waals surface area contributed by atoms with E-state index in [1.807, 2.05) is 0 Å². The average Bonchev–Trinajstić information content (AvgIpc) is 2.26. The van der Waals surface area contributed by atoms with Gasteiger partial charge in [0, 0.05) is 6.04 Å². The number of aromatic amines is 1. The fourth-order valence-corrected chi connectivity index (χ4v) is 2.81. The van der Waals surface area contributed by atoms with Crippen LogP contribution in [-0.2, 0) is 0 Å². The summed E-state index contributed by atoms with van der Waals surface area (Å²) in [5, 5.41) is 0.424. The van der Waals surface area contributed by atoms with Crippen molar-refractivity contribution in [1.82, 2.24) is 9.55 Å². The molecule has 0 atom stereocenters. The summed E-state index contributed by atoms with van der Waals surface area (Å²) in [7, 11) is 0. The Labute approximate surface area is 112 Å². The predicted octanol–water partition coefficient (Wildman–Crippen LogP) is 3.58. The third-order valence-corrected chi connectivity index (χ3v) is 4.04. The molecule has 0 amide bonds. The summed E-state index contributed by atoms with van der Waals surface area (Å²) < 4.78 is 15.5. The Morgan fingerprint density at radius 3 is 2.78 bits per heavy atom. The molecule has 1 fully saturated rings. The van der Waals surface area contributed by atoms with E-state index in [0.29, 0.717) is 0 Å². The molecule has 3 rings (SSSR count). The van der Waals surface area contributed by atoms with E-state index in [-0.39, 0.29) is 32.3 Å².